The van der Waals surface area contributed by atoms with Gasteiger partial charge in [-0.1, -0.05) is 23.7 Å². The van der Waals surface area contributed by atoms with Crippen molar-refractivity contribution in [3.05, 3.63) is 62.9 Å². The Morgan fingerprint density at radius 2 is 2.04 bits per heavy atom. The number of rotatable bonds is 6. The van der Waals surface area contributed by atoms with E-state index in [-0.39, 0.29) is 22.8 Å². The van der Waals surface area contributed by atoms with Crippen molar-refractivity contribution in [1.29, 1.82) is 0 Å². The van der Waals surface area contributed by atoms with Crippen LogP contribution >= 0.6 is 11.6 Å². The van der Waals surface area contributed by atoms with Crippen LogP contribution < -0.4 is 5.32 Å². The highest BCUT2D eigenvalue weighted by molar-refractivity contribution is 7.90. The standard InChI is InChI=1S/C15H14ClFN2O5S/c1-25(23,24)14-4-2-3-12(15(14)19(21)22)18-8-13(20)9-5-6-10(16)11(17)7-9/h2-7,13,18,20H,8H2,1H3. The van der Waals surface area contributed by atoms with Crippen molar-refractivity contribution in [2.24, 2.45) is 0 Å². The Hall–Kier alpha value is -2.23. The lowest BCUT2D eigenvalue weighted by molar-refractivity contribution is -0.386. The van der Waals surface area contributed by atoms with E-state index < -0.39 is 37.3 Å². The molecular weight excluding hydrogens is 375 g/mol. The third-order valence-corrected chi connectivity index (χ3v) is 4.83. The van der Waals surface area contributed by atoms with Gasteiger partial charge in [-0.05, 0) is 29.8 Å². The van der Waals surface area contributed by atoms with Gasteiger partial charge < -0.3 is 10.4 Å². The third kappa shape index (κ3) is 4.44. The number of hydrogen-bond donors (Lipinski definition) is 2. The number of nitro benzene ring substituents is 1. The first kappa shape index (κ1) is 19.1. The van der Waals surface area contributed by atoms with E-state index in [9.17, 15) is 28.0 Å². The topological polar surface area (TPSA) is 110 Å². The summed E-state index contributed by atoms with van der Waals surface area (Å²) in [5.74, 6) is -0.705. The van der Waals surface area contributed by atoms with Gasteiger partial charge in [0.25, 0.3) is 0 Å². The fourth-order valence-electron chi connectivity index (χ4n) is 2.20. The Morgan fingerprint density at radius 3 is 2.60 bits per heavy atom. The molecule has 0 aliphatic rings. The van der Waals surface area contributed by atoms with Crippen molar-refractivity contribution in [2.75, 3.05) is 18.1 Å². The summed E-state index contributed by atoms with van der Waals surface area (Å²) in [5, 5.41) is 23.9. The van der Waals surface area contributed by atoms with E-state index in [2.05, 4.69) is 5.32 Å². The molecule has 0 aliphatic heterocycles. The van der Waals surface area contributed by atoms with Crippen molar-refractivity contribution in [3.8, 4) is 0 Å². The molecule has 0 spiro atoms. The zero-order valence-corrected chi connectivity index (χ0v) is 14.5. The van der Waals surface area contributed by atoms with Crippen LogP contribution in [0.1, 0.15) is 11.7 Å². The van der Waals surface area contributed by atoms with Crippen LogP contribution in [-0.4, -0.2) is 31.2 Å². The summed E-state index contributed by atoms with van der Waals surface area (Å²) in [5.41, 5.74) is -0.461. The van der Waals surface area contributed by atoms with Gasteiger partial charge in [0.15, 0.2) is 9.84 Å². The monoisotopic (exact) mass is 388 g/mol. The van der Waals surface area contributed by atoms with Gasteiger partial charge in [0.2, 0.25) is 0 Å². The molecule has 0 heterocycles. The van der Waals surface area contributed by atoms with Crippen LogP contribution in [0.25, 0.3) is 0 Å². The first-order chi connectivity index (χ1) is 11.6. The minimum Gasteiger partial charge on any atom is -0.387 e. The summed E-state index contributed by atoms with van der Waals surface area (Å²) in [7, 11) is -3.81. The van der Waals surface area contributed by atoms with Gasteiger partial charge in [0.1, 0.15) is 16.4 Å². The minimum atomic E-state index is -3.81. The number of nitrogens with one attached hydrogen (secondary N) is 1. The molecule has 7 nitrogen and oxygen atoms in total. The highest BCUT2D eigenvalue weighted by Crippen LogP contribution is 2.32. The lowest BCUT2D eigenvalue weighted by Gasteiger charge is -2.14. The smallest absolute Gasteiger partial charge is 0.310 e. The molecular formula is C15H14ClFN2O5S. The number of hydrogen-bond acceptors (Lipinski definition) is 6. The molecule has 2 N–H and O–H groups in total. The molecule has 0 aliphatic carbocycles. The molecule has 2 aromatic rings. The number of aliphatic hydroxyl groups excluding tert-OH is 1. The Bertz CT molecular complexity index is 920. The molecule has 1 atom stereocenters. The number of aliphatic hydroxyl groups is 1. The highest BCUT2D eigenvalue weighted by Gasteiger charge is 2.26. The van der Waals surface area contributed by atoms with Gasteiger partial charge >= 0.3 is 5.69 Å². The second kappa shape index (κ2) is 7.34. The van der Waals surface area contributed by atoms with Crippen LogP contribution in [0.5, 0.6) is 0 Å². The van der Waals surface area contributed by atoms with Crippen LogP contribution in [0.2, 0.25) is 5.02 Å². The molecule has 2 aromatic carbocycles. The summed E-state index contributed by atoms with van der Waals surface area (Å²) in [6.45, 7) is -0.199. The maximum absolute atomic E-state index is 13.4. The highest BCUT2D eigenvalue weighted by atomic mass is 35.5. The van der Waals surface area contributed by atoms with Gasteiger partial charge in [-0.2, -0.15) is 0 Å². The van der Waals surface area contributed by atoms with Crippen molar-refractivity contribution in [3.63, 3.8) is 0 Å². The average molecular weight is 389 g/mol. The molecule has 1 unspecified atom stereocenters. The normalized spacial score (nSPS) is 12.6. The first-order valence-electron chi connectivity index (χ1n) is 6.95. The molecule has 0 aromatic heterocycles. The summed E-state index contributed by atoms with van der Waals surface area (Å²) in [6.07, 6.45) is -0.321. The number of anilines is 1. The second-order valence-electron chi connectivity index (χ2n) is 5.25. The molecule has 134 valence electrons. The second-order valence-corrected chi connectivity index (χ2v) is 7.64. The van der Waals surface area contributed by atoms with E-state index in [4.69, 9.17) is 11.6 Å². The molecule has 0 radical (unpaired) electrons. The maximum Gasteiger partial charge on any atom is 0.310 e. The summed E-state index contributed by atoms with van der Waals surface area (Å²) in [4.78, 5) is 10.0. The number of nitrogens with zero attached hydrogens (tertiary/aromatic N) is 1. The fraction of sp³-hybridized carbons (Fsp3) is 0.200. The Balaban J connectivity index is 2.28. The van der Waals surface area contributed by atoms with E-state index in [1.807, 2.05) is 0 Å². The molecule has 0 fully saturated rings. The Morgan fingerprint density at radius 1 is 1.36 bits per heavy atom. The van der Waals surface area contributed by atoms with Crippen LogP contribution in [0, 0.1) is 15.9 Å². The fourth-order valence-corrected chi connectivity index (χ4v) is 3.18. The zero-order chi connectivity index (χ0) is 18.8. The average Bonchev–Trinajstić information content (AvgIpc) is 2.53. The predicted octanol–water partition coefficient (Wildman–Crippen LogP) is 2.94. The molecule has 0 saturated heterocycles. The van der Waals surface area contributed by atoms with E-state index in [1.165, 1.54) is 24.3 Å². The van der Waals surface area contributed by atoms with Crippen molar-refractivity contribution in [1.82, 2.24) is 0 Å². The third-order valence-electron chi connectivity index (χ3n) is 3.40. The van der Waals surface area contributed by atoms with Crippen LogP contribution in [0.3, 0.4) is 0 Å². The van der Waals surface area contributed by atoms with Gasteiger partial charge in [-0.3, -0.25) is 10.1 Å². The molecule has 0 saturated carbocycles. The van der Waals surface area contributed by atoms with Crippen molar-refractivity contribution >= 4 is 32.8 Å². The number of sulfone groups is 1. The van der Waals surface area contributed by atoms with Crippen LogP contribution in [0.15, 0.2) is 41.3 Å². The van der Waals surface area contributed by atoms with Crippen molar-refractivity contribution < 1.29 is 22.8 Å². The minimum absolute atomic E-state index is 0.0681. The molecule has 0 amide bonds. The first-order valence-corrected chi connectivity index (χ1v) is 9.22. The van der Waals surface area contributed by atoms with E-state index in [1.54, 1.807) is 0 Å². The molecule has 25 heavy (non-hydrogen) atoms. The van der Waals surface area contributed by atoms with Gasteiger partial charge in [-0.15, -0.1) is 0 Å². The summed E-state index contributed by atoms with van der Waals surface area (Å²) in [6, 6.07) is 7.54. The lowest BCUT2D eigenvalue weighted by Crippen LogP contribution is -2.14. The van der Waals surface area contributed by atoms with Crippen LogP contribution in [-0.2, 0) is 9.84 Å². The zero-order valence-electron chi connectivity index (χ0n) is 12.9. The molecule has 10 heteroatoms. The predicted molar refractivity (Wildman–Crippen MR) is 91.1 cm³/mol. The summed E-state index contributed by atoms with van der Waals surface area (Å²) >= 11 is 5.57. The molecule has 2 rings (SSSR count). The Kier molecular flexibility index (Phi) is 5.61. The van der Waals surface area contributed by atoms with Crippen molar-refractivity contribution in [2.45, 2.75) is 11.0 Å². The number of para-hydroxylation sites is 1. The Labute approximate surface area is 148 Å². The number of halogens is 2. The van der Waals surface area contributed by atoms with Gasteiger partial charge in [0.05, 0.1) is 16.0 Å². The maximum atomic E-state index is 13.4. The quantitative estimate of drug-likeness (QED) is 0.581. The van der Waals surface area contributed by atoms with E-state index in [0.29, 0.717) is 0 Å². The van der Waals surface area contributed by atoms with Crippen LogP contribution in [0.4, 0.5) is 15.8 Å². The lowest BCUT2D eigenvalue weighted by atomic mass is 10.1. The molecule has 0 bridgehead atoms. The number of nitro groups is 1. The van der Waals surface area contributed by atoms with E-state index >= 15 is 0 Å². The number of benzene rings is 2. The summed E-state index contributed by atoms with van der Waals surface area (Å²) < 4.78 is 36.8. The largest absolute Gasteiger partial charge is 0.387 e. The SMILES string of the molecule is CS(=O)(=O)c1cccc(NCC(O)c2ccc(Cl)c(F)c2)c1[N+](=O)[O-]. The van der Waals surface area contributed by atoms with E-state index in [0.717, 1.165) is 18.4 Å². The van der Waals surface area contributed by atoms with Gasteiger partial charge in [-0.25, -0.2) is 12.8 Å². The van der Waals surface area contributed by atoms with Gasteiger partial charge in [0, 0.05) is 12.8 Å².